The Hall–Kier alpha value is -3.22. The van der Waals surface area contributed by atoms with Gasteiger partial charge < -0.3 is 10.1 Å². The van der Waals surface area contributed by atoms with Crippen LogP contribution in [0.25, 0.3) is 0 Å². The van der Waals surface area contributed by atoms with E-state index in [4.69, 9.17) is 16.3 Å². The zero-order valence-corrected chi connectivity index (χ0v) is 16.3. The molecular formula is C22H19ClN2O4. The van der Waals surface area contributed by atoms with Crippen molar-refractivity contribution >= 4 is 23.2 Å². The van der Waals surface area contributed by atoms with E-state index in [9.17, 15) is 14.9 Å². The van der Waals surface area contributed by atoms with Gasteiger partial charge in [-0.2, -0.15) is 0 Å². The van der Waals surface area contributed by atoms with Crippen LogP contribution in [0.4, 0.5) is 5.69 Å². The monoisotopic (exact) mass is 410 g/mol. The number of nitro benzene ring substituents is 1. The Morgan fingerprint density at radius 2 is 1.55 bits per heavy atom. The number of rotatable bonds is 8. The van der Waals surface area contributed by atoms with Gasteiger partial charge in [-0.3, -0.25) is 14.9 Å². The van der Waals surface area contributed by atoms with Gasteiger partial charge in [0.05, 0.1) is 18.1 Å². The van der Waals surface area contributed by atoms with Crippen LogP contribution in [0.2, 0.25) is 5.02 Å². The summed E-state index contributed by atoms with van der Waals surface area (Å²) in [4.78, 5) is 22.8. The quantitative estimate of drug-likeness (QED) is 0.423. The maximum Gasteiger partial charge on any atom is 0.283 e. The minimum Gasteiger partial charge on any atom is -0.372 e. The van der Waals surface area contributed by atoms with Crippen LogP contribution in [0.3, 0.4) is 0 Å². The van der Waals surface area contributed by atoms with Crippen molar-refractivity contribution < 1.29 is 14.5 Å². The third-order valence-electron chi connectivity index (χ3n) is 4.26. The summed E-state index contributed by atoms with van der Waals surface area (Å²) in [5.41, 5.74) is 2.67. The number of nitro groups is 1. The number of halogens is 1. The van der Waals surface area contributed by atoms with Crippen LogP contribution in [0.5, 0.6) is 0 Å². The molecule has 7 heteroatoms. The molecule has 3 rings (SSSR count). The molecule has 0 aliphatic heterocycles. The van der Waals surface area contributed by atoms with E-state index in [1.807, 2.05) is 54.6 Å². The van der Waals surface area contributed by atoms with E-state index in [2.05, 4.69) is 5.32 Å². The van der Waals surface area contributed by atoms with Crippen molar-refractivity contribution in [2.45, 2.75) is 19.8 Å². The maximum absolute atomic E-state index is 12.3. The molecule has 148 valence electrons. The van der Waals surface area contributed by atoms with Crippen molar-refractivity contribution in [3.63, 3.8) is 0 Å². The fraction of sp³-hybridized carbons (Fsp3) is 0.136. The third kappa shape index (κ3) is 5.88. The van der Waals surface area contributed by atoms with Gasteiger partial charge in [0.25, 0.3) is 11.6 Å². The highest BCUT2D eigenvalue weighted by molar-refractivity contribution is 6.31. The molecule has 0 saturated carbocycles. The molecule has 0 spiro atoms. The first-order valence-electron chi connectivity index (χ1n) is 8.94. The molecule has 0 heterocycles. The highest BCUT2D eigenvalue weighted by Crippen LogP contribution is 2.23. The predicted octanol–water partition coefficient (Wildman–Crippen LogP) is 4.90. The first-order chi connectivity index (χ1) is 14.0. The summed E-state index contributed by atoms with van der Waals surface area (Å²) in [7, 11) is 0. The molecule has 0 aliphatic rings. The minimum atomic E-state index is -0.620. The van der Waals surface area contributed by atoms with Gasteiger partial charge in [0, 0.05) is 17.6 Å². The molecule has 0 unspecified atom stereocenters. The Morgan fingerprint density at radius 3 is 2.21 bits per heavy atom. The molecule has 0 bridgehead atoms. The summed E-state index contributed by atoms with van der Waals surface area (Å²) in [5, 5.41) is 14.0. The fourth-order valence-electron chi connectivity index (χ4n) is 2.74. The first-order valence-corrected chi connectivity index (χ1v) is 9.32. The van der Waals surface area contributed by atoms with Crippen LogP contribution in [-0.4, -0.2) is 10.8 Å². The van der Waals surface area contributed by atoms with E-state index in [1.54, 1.807) is 0 Å². The van der Waals surface area contributed by atoms with E-state index in [0.29, 0.717) is 13.2 Å². The van der Waals surface area contributed by atoms with Crippen molar-refractivity contribution in [1.82, 2.24) is 5.32 Å². The van der Waals surface area contributed by atoms with Gasteiger partial charge in [-0.1, -0.05) is 66.2 Å². The lowest BCUT2D eigenvalue weighted by Gasteiger charge is -2.08. The lowest BCUT2D eigenvalue weighted by atomic mass is 10.1. The summed E-state index contributed by atoms with van der Waals surface area (Å²) in [6.07, 6.45) is 0. The highest BCUT2D eigenvalue weighted by atomic mass is 35.5. The smallest absolute Gasteiger partial charge is 0.283 e. The molecule has 1 amide bonds. The number of benzene rings is 3. The van der Waals surface area contributed by atoms with Crippen molar-refractivity contribution in [3.05, 3.63) is 110 Å². The standard InChI is InChI=1S/C22H19ClN2O4/c23-19-10-11-20(21(12-19)25(27)28)22(26)24-13-16-6-8-18(9-7-16)15-29-14-17-4-2-1-3-5-17/h1-12H,13-15H2,(H,24,26). The molecule has 1 N–H and O–H groups in total. The number of amides is 1. The topological polar surface area (TPSA) is 81.5 Å². The Labute approximate surface area is 173 Å². The van der Waals surface area contributed by atoms with Crippen LogP contribution < -0.4 is 5.32 Å². The molecule has 0 fully saturated rings. The second kappa shape index (κ2) is 9.82. The van der Waals surface area contributed by atoms with Gasteiger partial charge in [-0.15, -0.1) is 0 Å². The molecule has 0 atom stereocenters. The number of nitrogens with zero attached hydrogens (tertiary/aromatic N) is 1. The predicted molar refractivity (Wildman–Crippen MR) is 111 cm³/mol. The average molecular weight is 411 g/mol. The van der Waals surface area contributed by atoms with Crippen LogP contribution >= 0.6 is 11.6 Å². The van der Waals surface area contributed by atoms with Gasteiger partial charge in [-0.05, 0) is 28.8 Å². The van der Waals surface area contributed by atoms with E-state index >= 15 is 0 Å². The van der Waals surface area contributed by atoms with Gasteiger partial charge >= 0.3 is 0 Å². The van der Waals surface area contributed by atoms with Crippen LogP contribution in [0.1, 0.15) is 27.0 Å². The van der Waals surface area contributed by atoms with Crippen molar-refractivity contribution in [2.24, 2.45) is 0 Å². The number of nitrogens with one attached hydrogen (secondary N) is 1. The largest absolute Gasteiger partial charge is 0.372 e. The van der Waals surface area contributed by atoms with Crippen LogP contribution in [-0.2, 0) is 24.5 Å². The number of hydrogen-bond acceptors (Lipinski definition) is 4. The van der Waals surface area contributed by atoms with Gasteiger partial charge in [0.1, 0.15) is 5.56 Å². The Bertz CT molecular complexity index is 991. The molecule has 29 heavy (non-hydrogen) atoms. The number of carbonyl (C=O) groups excluding carboxylic acids is 1. The minimum absolute atomic E-state index is 0.0228. The molecule has 3 aromatic carbocycles. The zero-order chi connectivity index (χ0) is 20.6. The number of carbonyl (C=O) groups is 1. The molecule has 3 aromatic rings. The summed E-state index contributed by atoms with van der Waals surface area (Å²) >= 11 is 5.78. The first kappa shape index (κ1) is 20.5. The SMILES string of the molecule is O=C(NCc1ccc(COCc2ccccc2)cc1)c1ccc(Cl)cc1[N+](=O)[O-]. The normalized spacial score (nSPS) is 10.5. The zero-order valence-electron chi connectivity index (χ0n) is 15.5. The molecule has 0 saturated heterocycles. The molecule has 6 nitrogen and oxygen atoms in total. The van der Waals surface area contributed by atoms with E-state index in [0.717, 1.165) is 16.7 Å². The Morgan fingerprint density at radius 1 is 0.931 bits per heavy atom. The Balaban J connectivity index is 1.52. The molecule has 0 radical (unpaired) electrons. The van der Waals surface area contributed by atoms with E-state index in [-0.39, 0.29) is 22.8 Å². The lowest BCUT2D eigenvalue weighted by Crippen LogP contribution is -2.23. The average Bonchev–Trinajstić information content (AvgIpc) is 2.73. The number of ether oxygens (including phenoxy) is 1. The Kier molecular flexibility index (Phi) is 6.94. The molecule has 0 aliphatic carbocycles. The fourth-order valence-corrected chi connectivity index (χ4v) is 2.91. The van der Waals surface area contributed by atoms with Gasteiger partial charge in [0.15, 0.2) is 0 Å². The highest BCUT2D eigenvalue weighted by Gasteiger charge is 2.20. The summed E-state index contributed by atoms with van der Waals surface area (Å²) < 4.78 is 5.70. The van der Waals surface area contributed by atoms with Crippen molar-refractivity contribution in [1.29, 1.82) is 0 Å². The molecule has 0 aromatic heterocycles. The lowest BCUT2D eigenvalue weighted by molar-refractivity contribution is -0.385. The third-order valence-corrected chi connectivity index (χ3v) is 4.49. The van der Waals surface area contributed by atoms with E-state index < -0.39 is 10.8 Å². The second-order valence-electron chi connectivity index (χ2n) is 6.40. The van der Waals surface area contributed by atoms with E-state index in [1.165, 1.54) is 18.2 Å². The summed E-state index contributed by atoms with van der Waals surface area (Å²) in [5.74, 6) is -0.524. The van der Waals surface area contributed by atoms with Crippen LogP contribution in [0.15, 0.2) is 72.8 Å². The van der Waals surface area contributed by atoms with Crippen molar-refractivity contribution in [2.75, 3.05) is 0 Å². The van der Waals surface area contributed by atoms with Gasteiger partial charge in [-0.25, -0.2) is 0 Å². The summed E-state index contributed by atoms with van der Waals surface area (Å²) in [6, 6.07) is 21.5. The van der Waals surface area contributed by atoms with Gasteiger partial charge in [0.2, 0.25) is 0 Å². The van der Waals surface area contributed by atoms with Crippen LogP contribution in [0, 0.1) is 10.1 Å². The number of hydrogen-bond donors (Lipinski definition) is 1. The second-order valence-corrected chi connectivity index (χ2v) is 6.83. The molecular weight excluding hydrogens is 392 g/mol. The van der Waals surface area contributed by atoms with Crippen molar-refractivity contribution in [3.8, 4) is 0 Å². The maximum atomic E-state index is 12.3. The summed E-state index contributed by atoms with van der Waals surface area (Å²) in [6.45, 7) is 1.28.